The van der Waals surface area contributed by atoms with Gasteiger partial charge in [0.15, 0.2) is 11.5 Å². The highest BCUT2D eigenvalue weighted by molar-refractivity contribution is 6.04. The summed E-state index contributed by atoms with van der Waals surface area (Å²) < 4.78 is 4.94. The van der Waals surface area contributed by atoms with E-state index in [9.17, 15) is 24.9 Å². The van der Waals surface area contributed by atoms with Crippen molar-refractivity contribution in [3.63, 3.8) is 0 Å². The number of carbonyl (C=O) groups excluding carboxylic acids is 1. The average molecular weight is 314 g/mol. The molecular weight excluding hydrogens is 300 g/mol. The van der Waals surface area contributed by atoms with Gasteiger partial charge in [-0.1, -0.05) is 30.9 Å². The lowest BCUT2D eigenvalue weighted by Gasteiger charge is -2.14. The lowest BCUT2D eigenvalue weighted by atomic mass is 9.94. The molecule has 0 unspecified atom stereocenters. The van der Waals surface area contributed by atoms with Gasteiger partial charge in [0.05, 0.1) is 11.1 Å². The maximum atomic E-state index is 12.1. The standard InChI is InChI=1S/C17H14O6/c1-2-9-23-17(22)12-7-8-13(18)15(19)14(12)10-5-3-4-6-11(10)16(20)21/h2-8,18-19H,1,9H2,(H,20,21). The van der Waals surface area contributed by atoms with Crippen LogP contribution in [0.2, 0.25) is 0 Å². The predicted molar refractivity (Wildman–Crippen MR) is 82.6 cm³/mol. The van der Waals surface area contributed by atoms with E-state index in [1.54, 1.807) is 6.07 Å². The number of rotatable bonds is 5. The molecule has 2 aromatic rings. The summed E-state index contributed by atoms with van der Waals surface area (Å²) in [5.74, 6) is -3.06. The first kappa shape index (κ1) is 16.1. The number of aromatic hydroxyl groups is 2. The second-order valence-corrected chi connectivity index (χ2v) is 4.59. The molecule has 0 bridgehead atoms. The molecule has 0 amide bonds. The van der Waals surface area contributed by atoms with E-state index in [0.717, 1.165) is 6.07 Å². The molecule has 118 valence electrons. The third kappa shape index (κ3) is 3.16. The van der Waals surface area contributed by atoms with Crippen LogP contribution in [0.1, 0.15) is 20.7 Å². The molecule has 0 aromatic heterocycles. The van der Waals surface area contributed by atoms with Crippen molar-refractivity contribution in [2.45, 2.75) is 0 Å². The molecule has 0 fully saturated rings. The third-order valence-electron chi connectivity index (χ3n) is 3.14. The van der Waals surface area contributed by atoms with Gasteiger partial charge in [-0.15, -0.1) is 0 Å². The minimum atomic E-state index is -1.23. The first-order valence-corrected chi connectivity index (χ1v) is 6.63. The van der Waals surface area contributed by atoms with Gasteiger partial charge in [0, 0.05) is 11.1 Å². The van der Waals surface area contributed by atoms with E-state index in [-0.39, 0.29) is 28.9 Å². The van der Waals surface area contributed by atoms with Crippen LogP contribution in [0.3, 0.4) is 0 Å². The lowest BCUT2D eigenvalue weighted by molar-refractivity contribution is 0.0549. The summed E-state index contributed by atoms with van der Waals surface area (Å²) in [7, 11) is 0. The van der Waals surface area contributed by atoms with Gasteiger partial charge in [-0.3, -0.25) is 0 Å². The summed E-state index contributed by atoms with van der Waals surface area (Å²) in [6.45, 7) is 3.39. The fourth-order valence-corrected chi connectivity index (χ4v) is 2.12. The number of phenolic OH excluding ortho intramolecular Hbond substituents is 2. The predicted octanol–water partition coefficient (Wildman–Crippen LogP) is 2.81. The van der Waals surface area contributed by atoms with Gasteiger partial charge in [0.25, 0.3) is 0 Å². The molecule has 0 heterocycles. The number of hydrogen-bond donors (Lipinski definition) is 3. The van der Waals surface area contributed by atoms with Gasteiger partial charge in [-0.05, 0) is 18.2 Å². The molecule has 0 aliphatic carbocycles. The van der Waals surface area contributed by atoms with Crippen molar-refractivity contribution < 1.29 is 29.6 Å². The van der Waals surface area contributed by atoms with E-state index >= 15 is 0 Å². The zero-order chi connectivity index (χ0) is 17.0. The van der Waals surface area contributed by atoms with Gasteiger partial charge < -0.3 is 20.1 Å². The Balaban J connectivity index is 2.70. The van der Waals surface area contributed by atoms with Crippen molar-refractivity contribution in [1.82, 2.24) is 0 Å². The zero-order valence-corrected chi connectivity index (χ0v) is 12.0. The molecular formula is C17H14O6. The first-order chi connectivity index (χ1) is 11.0. The third-order valence-corrected chi connectivity index (χ3v) is 3.14. The summed E-state index contributed by atoms with van der Waals surface area (Å²) in [6, 6.07) is 8.23. The molecule has 23 heavy (non-hydrogen) atoms. The van der Waals surface area contributed by atoms with Crippen molar-refractivity contribution in [3.8, 4) is 22.6 Å². The number of phenols is 2. The number of hydrogen-bond acceptors (Lipinski definition) is 5. The molecule has 0 spiro atoms. The van der Waals surface area contributed by atoms with Gasteiger partial charge >= 0.3 is 11.9 Å². The quantitative estimate of drug-likeness (QED) is 0.445. The van der Waals surface area contributed by atoms with E-state index in [4.69, 9.17) is 4.74 Å². The molecule has 2 aromatic carbocycles. The van der Waals surface area contributed by atoms with Crippen molar-refractivity contribution in [2.24, 2.45) is 0 Å². The van der Waals surface area contributed by atoms with Gasteiger partial charge in [0.2, 0.25) is 0 Å². The summed E-state index contributed by atoms with van der Waals surface area (Å²) in [5.41, 5.74) is -0.182. The average Bonchev–Trinajstić information content (AvgIpc) is 2.54. The summed E-state index contributed by atoms with van der Waals surface area (Å²) in [6.07, 6.45) is 1.38. The highest BCUT2D eigenvalue weighted by Crippen LogP contribution is 2.40. The Kier molecular flexibility index (Phi) is 4.66. The van der Waals surface area contributed by atoms with Crippen molar-refractivity contribution >= 4 is 11.9 Å². The van der Waals surface area contributed by atoms with Gasteiger partial charge in [-0.25, -0.2) is 9.59 Å². The van der Waals surface area contributed by atoms with Crippen LogP contribution in [0.5, 0.6) is 11.5 Å². The molecule has 0 aliphatic rings. The summed E-state index contributed by atoms with van der Waals surface area (Å²) in [4.78, 5) is 23.5. The van der Waals surface area contributed by atoms with E-state index in [0.29, 0.717) is 0 Å². The van der Waals surface area contributed by atoms with Crippen LogP contribution < -0.4 is 0 Å². The number of ether oxygens (including phenoxy) is 1. The number of aromatic carboxylic acids is 1. The van der Waals surface area contributed by atoms with Gasteiger partial charge in [0.1, 0.15) is 6.61 Å². The second-order valence-electron chi connectivity index (χ2n) is 4.59. The molecule has 6 nitrogen and oxygen atoms in total. The Labute approximate surface area is 131 Å². The van der Waals surface area contributed by atoms with E-state index in [1.807, 2.05) is 0 Å². The molecule has 0 saturated carbocycles. The Bertz CT molecular complexity index is 779. The number of benzene rings is 2. The normalized spacial score (nSPS) is 10.1. The molecule has 0 aliphatic heterocycles. The number of carboxylic acids is 1. The van der Waals surface area contributed by atoms with Crippen LogP contribution in [0.4, 0.5) is 0 Å². The van der Waals surface area contributed by atoms with E-state index in [2.05, 4.69) is 6.58 Å². The highest BCUT2D eigenvalue weighted by Gasteiger charge is 2.23. The summed E-state index contributed by atoms with van der Waals surface area (Å²) >= 11 is 0. The number of esters is 1. The van der Waals surface area contributed by atoms with E-state index in [1.165, 1.54) is 30.3 Å². The fourth-order valence-electron chi connectivity index (χ4n) is 2.12. The fraction of sp³-hybridized carbons (Fsp3) is 0.0588. The molecule has 2 rings (SSSR count). The summed E-state index contributed by atoms with van der Waals surface area (Å²) in [5, 5.41) is 29.1. The van der Waals surface area contributed by atoms with Gasteiger partial charge in [-0.2, -0.15) is 0 Å². The Morgan fingerprint density at radius 2 is 1.78 bits per heavy atom. The maximum absolute atomic E-state index is 12.1. The Morgan fingerprint density at radius 1 is 1.09 bits per heavy atom. The SMILES string of the molecule is C=CCOC(=O)c1ccc(O)c(O)c1-c1ccccc1C(=O)O. The van der Waals surface area contributed by atoms with Crippen LogP contribution in [0.15, 0.2) is 49.1 Å². The first-order valence-electron chi connectivity index (χ1n) is 6.63. The van der Waals surface area contributed by atoms with Crippen LogP contribution in [-0.2, 0) is 4.74 Å². The maximum Gasteiger partial charge on any atom is 0.339 e. The number of carbonyl (C=O) groups is 2. The molecule has 0 radical (unpaired) electrons. The number of carboxylic acid groups (broad SMARTS) is 1. The van der Waals surface area contributed by atoms with Crippen molar-refractivity contribution in [1.29, 1.82) is 0 Å². The van der Waals surface area contributed by atoms with Crippen molar-refractivity contribution in [2.75, 3.05) is 6.61 Å². The van der Waals surface area contributed by atoms with Crippen molar-refractivity contribution in [3.05, 3.63) is 60.2 Å². The van der Waals surface area contributed by atoms with Crippen LogP contribution in [0, 0.1) is 0 Å². The highest BCUT2D eigenvalue weighted by atomic mass is 16.5. The molecule has 0 atom stereocenters. The largest absolute Gasteiger partial charge is 0.504 e. The van der Waals surface area contributed by atoms with Crippen LogP contribution in [-0.4, -0.2) is 33.9 Å². The van der Waals surface area contributed by atoms with Crippen LogP contribution >= 0.6 is 0 Å². The minimum absolute atomic E-state index is 0.0412. The Hall–Kier alpha value is -3.28. The molecule has 3 N–H and O–H groups in total. The second kappa shape index (κ2) is 6.65. The smallest absolute Gasteiger partial charge is 0.339 e. The van der Waals surface area contributed by atoms with E-state index < -0.39 is 23.4 Å². The Morgan fingerprint density at radius 3 is 2.43 bits per heavy atom. The molecule has 6 heteroatoms. The topological polar surface area (TPSA) is 104 Å². The lowest BCUT2D eigenvalue weighted by Crippen LogP contribution is -2.08. The van der Waals surface area contributed by atoms with Crippen LogP contribution in [0.25, 0.3) is 11.1 Å². The monoisotopic (exact) mass is 314 g/mol. The zero-order valence-electron chi connectivity index (χ0n) is 12.0. The minimum Gasteiger partial charge on any atom is -0.504 e. The molecule has 0 saturated heterocycles.